The van der Waals surface area contributed by atoms with E-state index >= 15 is 0 Å². The molecule has 29 heavy (non-hydrogen) atoms. The zero-order valence-electron chi connectivity index (χ0n) is 15.3. The predicted octanol–water partition coefficient (Wildman–Crippen LogP) is -3.36. The number of nitrogens with one attached hydrogen (secondary N) is 3. The van der Waals surface area contributed by atoms with Crippen molar-refractivity contribution < 1.29 is 24.8 Å². The number of carboxylic acid groups (broad SMARTS) is 1. The molecular formula is C12H24N10O7. The summed E-state index contributed by atoms with van der Waals surface area (Å²) in [5.41, 5.74) is 19.4. The van der Waals surface area contributed by atoms with Gasteiger partial charge in [-0.3, -0.25) is 4.79 Å². The number of aliphatic carboxylic acids is 1. The van der Waals surface area contributed by atoms with Crippen molar-refractivity contribution >= 4 is 23.8 Å². The Morgan fingerprint density at radius 1 is 0.966 bits per heavy atom. The second-order valence-electron chi connectivity index (χ2n) is 5.56. The lowest BCUT2D eigenvalue weighted by Crippen LogP contribution is -2.48. The lowest BCUT2D eigenvalue weighted by atomic mass is 10.1. The van der Waals surface area contributed by atoms with Crippen LogP contribution in [-0.4, -0.2) is 64.1 Å². The summed E-state index contributed by atoms with van der Waals surface area (Å²) in [6.45, 7) is 0.0869. The highest BCUT2D eigenvalue weighted by molar-refractivity contribution is 5.86. The maximum Gasteiger partial charge on any atom is 0.326 e. The van der Waals surface area contributed by atoms with Crippen LogP contribution in [0.1, 0.15) is 25.7 Å². The van der Waals surface area contributed by atoms with Crippen molar-refractivity contribution in [3.8, 4) is 0 Å². The minimum Gasteiger partial charge on any atom is -0.480 e. The quantitative estimate of drug-likeness (QED) is 0.0505. The zero-order valence-corrected chi connectivity index (χ0v) is 15.3. The largest absolute Gasteiger partial charge is 0.480 e. The van der Waals surface area contributed by atoms with Crippen molar-refractivity contribution in [1.82, 2.24) is 16.2 Å². The molecule has 0 aromatic carbocycles. The molecule has 0 spiro atoms. The van der Waals surface area contributed by atoms with Gasteiger partial charge in [0.05, 0.1) is 6.04 Å². The van der Waals surface area contributed by atoms with Gasteiger partial charge in [-0.05, 0) is 25.7 Å². The van der Waals surface area contributed by atoms with Crippen LogP contribution in [0.15, 0.2) is 9.98 Å². The molecule has 0 bridgehead atoms. The lowest BCUT2D eigenvalue weighted by molar-refractivity contribution is -0.525. The van der Waals surface area contributed by atoms with Crippen LogP contribution >= 0.6 is 0 Å². The van der Waals surface area contributed by atoms with Gasteiger partial charge in [0, 0.05) is 13.1 Å². The fraction of sp³-hybridized carbons (Fsp3) is 0.667. The number of hydrazine groups is 2. The third-order valence-electron chi connectivity index (χ3n) is 3.25. The van der Waals surface area contributed by atoms with Gasteiger partial charge < -0.3 is 27.6 Å². The Kier molecular flexibility index (Phi) is 11.7. The highest BCUT2D eigenvalue weighted by Crippen LogP contribution is 2.01. The van der Waals surface area contributed by atoms with Crippen molar-refractivity contribution in [3.63, 3.8) is 0 Å². The molecule has 0 unspecified atom stereocenters. The Balaban J connectivity index is 4.36. The van der Waals surface area contributed by atoms with E-state index in [1.807, 2.05) is 0 Å². The van der Waals surface area contributed by atoms with E-state index in [1.165, 1.54) is 0 Å². The number of carbonyl (C=O) groups is 2. The molecule has 0 rings (SSSR count). The number of guanidine groups is 2. The molecule has 2 atom stereocenters. The average molecular weight is 420 g/mol. The fourth-order valence-corrected chi connectivity index (χ4v) is 1.93. The Bertz CT molecular complexity index is 653. The summed E-state index contributed by atoms with van der Waals surface area (Å²) in [4.78, 5) is 50.8. The summed E-state index contributed by atoms with van der Waals surface area (Å²) in [5.74, 6) is -2.80. The highest BCUT2D eigenvalue weighted by Gasteiger charge is 2.22. The summed E-state index contributed by atoms with van der Waals surface area (Å²) in [6, 6.07) is -2.25. The molecule has 17 heteroatoms. The molecule has 0 heterocycles. The molecule has 10 N–H and O–H groups in total. The zero-order chi connectivity index (χ0) is 22.4. The summed E-state index contributed by atoms with van der Waals surface area (Å²) < 4.78 is 0. The lowest BCUT2D eigenvalue weighted by Gasteiger charge is -2.17. The normalized spacial score (nSPS) is 13.8. The van der Waals surface area contributed by atoms with Crippen LogP contribution in [0.2, 0.25) is 0 Å². The average Bonchev–Trinajstić information content (AvgIpc) is 2.59. The van der Waals surface area contributed by atoms with Crippen LogP contribution in [-0.2, 0) is 9.59 Å². The summed E-state index contributed by atoms with van der Waals surface area (Å²) in [5, 5.41) is 30.0. The molecule has 0 aliphatic rings. The van der Waals surface area contributed by atoms with E-state index in [1.54, 1.807) is 10.9 Å². The third kappa shape index (κ3) is 13.1. The Labute approximate surface area is 164 Å². The monoisotopic (exact) mass is 420 g/mol. The van der Waals surface area contributed by atoms with E-state index in [4.69, 9.17) is 22.3 Å². The van der Waals surface area contributed by atoms with E-state index in [0.717, 1.165) is 0 Å². The number of amides is 1. The number of nitrogens with two attached hydrogens (primary N) is 3. The van der Waals surface area contributed by atoms with Gasteiger partial charge in [0.1, 0.15) is 6.04 Å². The van der Waals surface area contributed by atoms with Gasteiger partial charge in [0.2, 0.25) is 5.91 Å². The van der Waals surface area contributed by atoms with Crippen LogP contribution in [0, 0.1) is 20.2 Å². The molecule has 17 nitrogen and oxygen atoms in total. The van der Waals surface area contributed by atoms with Gasteiger partial charge in [-0.1, -0.05) is 10.9 Å². The van der Waals surface area contributed by atoms with Gasteiger partial charge in [0.15, 0.2) is 10.1 Å². The summed E-state index contributed by atoms with van der Waals surface area (Å²) >= 11 is 0. The molecule has 0 fully saturated rings. The number of carboxylic acids is 1. The first-order valence-corrected chi connectivity index (χ1v) is 8.23. The van der Waals surface area contributed by atoms with Gasteiger partial charge in [-0.15, -0.1) is 0 Å². The maximum absolute atomic E-state index is 12.0. The van der Waals surface area contributed by atoms with Crippen molar-refractivity contribution in [1.29, 1.82) is 0 Å². The highest BCUT2D eigenvalue weighted by atomic mass is 16.7. The Hall–Kier alpha value is -3.76. The van der Waals surface area contributed by atoms with E-state index in [0.29, 0.717) is 0 Å². The van der Waals surface area contributed by atoms with Gasteiger partial charge in [-0.2, -0.15) is 0 Å². The molecule has 0 aliphatic carbocycles. The number of rotatable bonds is 13. The van der Waals surface area contributed by atoms with Crippen LogP contribution in [0.4, 0.5) is 0 Å². The SMILES string of the molecule is NC(=NCCC[C@H](NC(=O)[C@@H](N)CCCN=C(N)N[N+](=O)[O-])C(=O)O)N[N+](=O)[O-]. The van der Waals surface area contributed by atoms with E-state index in [-0.39, 0.29) is 38.8 Å². The van der Waals surface area contributed by atoms with Gasteiger partial charge >= 0.3 is 5.97 Å². The van der Waals surface area contributed by atoms with Crippen LogP contribution in [0.3, 0.4) is 0 Å². The van der Waals surface area contributed by atoms with Crippen molar-refractivity contribution in [2.45, 2.75) is 37.8 Å². The minimum atomic E-state index is -1.28. The van der Waals surface area contributed by atoms with E-state index in [9.17, 15) is 29.8 Å². The molecule has 0 aliphatic heterocycles. The van der Waals surface area contributed by atoms with Crippen LogP contribution < -0.4 is 33.4 Å². The fourth-order valence-electron chi connectivity index (χ4n) is 1.93. The van der Waals surface area contributed by atoms with E-state index < -0.39 is 45.9 Å². The number of hydrogen-bond acceptors (Lipinski definition) is 9. The molecule has 0 radical (unpaired) electrons. The first-order chi connectivity index (χ1) is 13.5. The predicted molar refractivity (Wildman–Crippen MR) is 99.2 cm³/mol. The first kappa shape index (κ1) is 25.2. The van der Waals surface area contributed by atoms with Crippen LogP contribution in [0.25, 0.3) is 0 Å². The Morgan fingerprint density at radius 2 is 1.41 bits per heavy atom. The molecular weight excluding hydrogens is 396 g/mol. The van der Waals surface area contributed by atoms with Crippen LogP contribution in [0.5, 0.6) is 0 Å². The molecule has 164 valence electrons. The second kappa shape index (κ2) is 13.4. The number of carbonyl (C=O) groups excluding carboxylic acids is 1. The molecule has 1 amide bonds. The smallest absolute Gasteiger partial charge is 0.326 e. The summed E-state index contributed by atoms with van der Waals surface area (Å²) in [7, 11) is 0. The van der Waals surface area contributed by atoms with Gasteiger partial charge in [-0.25, -0.2) is 35.0 Å². The Morgan fingerprint density at radius 3 is 1.83 bits per heavy atom. The number of hydrogen-bond donors (Lipinski definition) is 7. The number of nitro groups is 2. The third-order valence-corrected chi connectivity index (χ3v) is 3.25. The van der Waals surface area contributed by atoms with Crippen molar-refractivity contribution in [2.24, 2.45) is 27.2 Å². The minimum absolute atomic E-state index is 0.00355. The first-order valence-electron chi connectivity index (χ1n) is 8.23. The molecule has 0 aromatic rings. The number of aliphatic imine (C=N–C) groups is 2. The van der Waals surface area contributed by atoms with E-state index in [2.05, 4.69) is 15.3 Å². The van der Waals surface area contributed by atoms with Crippen molar-refractivity contribution in [2.75, 3.05) is 13.1 Å². The number of nitrogens with zero attached hydrogens (tertiary/aromatic N) is 4. The standard InChI is InChI=1S/C12H24N10O7/c13-7(3-1-5-16-11(14)19-21(26)27)9(23)18-8(10(24)25)4-2-6-17-12(15)20-22(28)29/h7-8H,1-6,13H2,(H,18,23)(H,24,25)(H3,14,16,19)(H3,15,17,20)/t7-,8-/m0/s1. The van der Waals surface area contributed by atoms with Gasteiger partial charge in [0.25, 0.3) is 11.9 Å². The molecule has 0 saturated heterocycles. The molecule has 0 aromatic heterocycles. The topological polar surface area (TPSA) is 280 Å². The summed E-state index contributed by atoms with van der Waals surface area (Å²) in [6.07, 6.45) is 0.602. The second-order valence-corrected chi connectivity index (χ2v) is 5.56. The van der Waals surface area contributed by atoms with Crippen molar-refractivity contribution in [3.05, 3.63) is 20.2 Å². The molecule has 0 saturated carbocycles. The maximum atomic E-state index is 12.0.